The quantitative estimate of drug-likeness (QED) is 0.905. The van der Waals surface area contributed by atoms with Crippen molar-refractivity contribution in [3.8, 4) is 11.8 Å². The smallest absolute Gasteiger partial charge is 0.258 e. The van der Waals surface area contributed by atoms with Crippen LogP contribution in [-0.2, 0) is 9.53 Å². The summed E-state index contributed by atoms with van der Waals surface area (Å²) >= 11 is 0. The molecule has 1 aromatic rings. The average molecular weight is 274 g/mol. The predicted octanol–water partition coefficient (Wildman–Crippen LogP) is 1.62. The summed E-state index contributed by atoms with van der Waals surface area (Å²) in [5, 5.41) is 11.9. The van der Waals surface area contributed by atoms with E-state index in [1.165, 1.54) is 0 Å². The van der Waals surface area contributed by atoms with Crippen LogP contribution in [-0.4, -0.2) is 31.3 Å². The summed E-state index contributed by atoms with van der Waals surface area (Å²) in [6, 6.07) is 9.05. The molecule has 2 atom stereocenters. The van der Waals surface area contributed by atoms with Crippen LogP contribution in [0.2, 0.25) is 0 Å². The van der Waals surface area contributed by atoms with Gasteiger partial charge in [0.2, 0.25) is 0 Å². The third-order valence-corrected chi connectivity index (χ3v) is 3.22. The van der Waals surface area contributed by atoms with E-state index in [1.807, 2.05) is 13.0 Å². The van der Waals surface area contributed by atoms with E-state index in [0.29, 0.717) is 17.9 Å². The fourth-order valence-electron chi connectivity index (χ4n) is 2.23. The largest absolute Gasteiger partial charge is 0.482 e. The highest BCUT2D eigenvalue weighted by Crippen LogP contribution is 2.16. The van der Waals surface area contributed by atoms with Crippen molar-refractivity contribution in [1.29, 1.82) is 5.26 Å². The van der Waals surface area contributed by atoms with Crippen molar-refractivity contribution in [2.45, 2.75) is 31.9 Å². The van der Waals surface area contributed by atoms with E-state index in [0.717, 1.165) is 12.8 Å². The van der Waals surface area contributed by atoms with Crippen LogP contribution >= 0.6 is 0 Å². The second kappa shape index (κ2) is 6.92. The van der Waals surface area contributed by atoms with Gasteiger partial charge in [-0.25, -0.2) is 0 Å². The van der Waals surface area contributed by atoms with E-state index in [4.69, 9.17) is 14.7 Å². The van der Waals surface area contributed by atoms with Crippen LogP contribution in [0.15, 0.2) is 24.3 Å². The Kier molecular flexibility index (Phi) is 4.97. The minimum absolute atomic E-state index is 0.0789. The van der Waals surface area contributed by atoms with Crippen LogP contribution < -0.4 is 10.1 Å². The fourth-order valence-corrected chi connectivity index (χ4v) is 2.23. The first-order valence-corrected chi connectivity index (χ1v) is 6.72. The van der Waals surface area contributed by atoms with E-state index in [2.05, 4.69) is 5.32 Å². The number of ether oxygens (including phenoxy) is 2. The Morgan fingerprint density at radius 3 is 3.10 bits per heavy atom. The molecule has 1 fully saturated rings. The molecule has 0 radical (unpaired) electrons. The molecule has 1 saturated heterocycles. The summed E-state index contributed by atoms with van der Waals surface area (Å²) < 4.78 is 10.8. The van der Waals surface area contributed by atoms with Crippen LogP contribution in [0.5, 0.6) is 5.75 Å². The Labute approximate surface area is 118 Å². The molecule has 0 bridgehead atoms. The second-order valence-electron chi connectivity index (χ2n) is 4.87. The number of nitriles is 1. The van der Waals surface area contributed by atoms with Crippen molar-refractivity contribution in [3.05, 3.63) is 29.8 Å². The van der Waals surface area contributed by atoms with Crippen LogP contribution in [0, 0.1) is 11.3 Å². The average Bonchev–Trinajstić information content (AvgIpc) is 2.45. The lowest BCUT2D eigenvalue weighted by Gasteiger charge is -2.27. The van der Waals surface area contributed by atoms with Crippen LogP contribution in [0.25, 0.3) is 0 Å². The summed E-state index contributed by atoms with van der Waals surface area (Å²) in [7, 11) is 0. The topological polar surface area (TPSA) is 71.3 Å². The lowest BCUT2D eigenvalue weighted by atomic mass is 10.0. The molecule has 0 spiro atoms. The molecule has 1 N–H and O–H groups in total. The monoisotopic (exact) mass is 274 g/mol. The molecule has 0 saturated carbocycles. The van der Waals surface area contributed by atoms with Gasteiger partial charge in [-0.1, -0.05) is 12.1 Å². The zero-order valence-electron chi connectivity index (χ0n) is 11.5. The van der Waals surface area contributed by atoms with Crippen LogP contribution in [0.3, 0.4) is 0 Å². The van der Waals surface area contributed by atoms with Crippen LogP contribution in [0.4, 0.5) is 0 Å². The van der Waals surface area contributed by atoms with Gasteiger partial charge in [-0.2, -0.15) is 5.26 Å². The molecule has 1 amide bonds. The van der Waals surface area contributed by atoms with Gasteiger partial charge in [-0.3, -0.25) is 4.79 Å². The molecular weight excluding hydrogens is 256 g/mol. The third-order valence-electron chi connectivity index (χ3n) is 3.22. The second-order valence-corrected chi connectivity index (χ2v) is 4.87. The maximum atomic E-state index is 11.8. The molecular formula is C15H18N2O3. The first-order chi connectivity index (χ1) is 9.69. The number of nitrogens with zero attached hydrogens (tertiary/aromatic N) is 1. The number of benzene rings is 1. The zero-order chi connectivity index (χ0) is 14.4. The van der Waals surface area contributed by atoms with Gasteiger partial charge in [0.15, 0.2) is 6.61 Å². The first kappa shape index (κ1) is 14.4. The number of rotatable bonds is 4. The molecule has 5 heteroatoms. The molecule has 1 aliphatic rings. The number of carbonyl (C=O) groups is 1. The molecule has 1 heterocycles. The number of carbonyl (C=O) groups excluding carboxylic acids is 1. The van der Waals surface area contributed by atoms with Crippen molar-refractivity contribution in [3.63, 3.8) is 0 Å². The van der Waals surface area contributed by atoms with Gasteiger partial charge in [0, 0.05) is 12.6 Å². The maximum absolute atomic E-state index is 11.8. The van der Waals surface area contributed by atoms with Gasteiger partial charge in [-0.05, 0) is 31.9 Å². The summed E-state index contributed by atoms with van der Waals surface area (Å²) in [5.41, 5.74) is 0.431. The molecule has 20 heavy (non-hydrogen) atoms. The van der Waals surface area contributed by atoms with Crippen molar-refractivity contribution in [2.24, 2.45) is 0 Å². The highest BCUT2D eigenvalue weighted by Gasteiger charge is 2.21. The predicted molar refractivity (Wildman–Crippen MR) is 73.2 cm³/mol. The van der Waals surface area contributed by atoms with Crippen molar-refractivity contribution in [1.82, 2.24) is 5.32 Å². The molecule has 2 rings (SSSR count). The van der Waals surface area contributed by atoms with Gasteiger partial charge in [0.25, 0.3) is 5.91 Å². The Bertz CT molecular complexity index is 510. The fraction of sp³-hybridized carbons (Fsp3) is 0.467. The summed E-state index contributed by atoms with van der Waals surface area (Å²) in [6.45, 7) is 2.59. The number of para-hydroxylation sites is 1. The Hall–Kier alpha value is -2.06. The van der Waals surface area contributed by atoms with Gasteiger partial charge in [0.05, 0.1) is 11.7 Å². The van der Waals surface area contributed by atoms with E-state index >= 15 is 0 Å². The SMILES string of the molecule is CC1CC(NC(=O)COc2ccccc2C#N)CCO1. The van der Waals surface area contributed by atoms with Gasteiger partial charge in [0.1, 0.15) is 11.8 Å². The summed E-state index contributed by atoms with van der Waals surface area (Å²) in [4.78, 5) is 11.8. The Balaban J connectivity index is 1.82. The number of amides is 1. The minimum atomic E-state index is -0.170. The molecule has 0 aromatic heterocycles. The van der Waals surface area contributed by atoms with Crippen molar-refractivity contribution >= 4 is 5.91 Å². The van der Waals surface area contributed by atoms with Gasteiger partial charge >= 0.3 is 0 Å². The van der Waals surface area contributed by atoms with Crippen molar-refractivity contribution < 1.29 is 14.3 Å². The van der Waals surface area contributed by atoms with E-state index < -0.39 is 0 Å². The first-order valence-electron chi connectivity index (χ1n) is 6.72. The summed E-state index contributed by atoms with van der Waals surface area (Å²) in [5.74, 6) is 0.266. The normalized spacial score (nSPS) is 21.8. The summed E-state index contributed by atoms with van der Waals surface area (Å²) in [6.07, 6.45) is 1.82. The van der Waals surface area contributed by atoms with E-state index in [-0.39, 0.29) is 24.7 Å². The Morgan fingerprint density at radius 1 is 1.55 bits per heavy atom. The van der Waals surface area contributed by atoms with Gasteiger partial charge in [-0.15, -0.1) is 0 Å². The number of hydrogen-bond donors (Lipinski definition) is 1. The molecule has 1 aromatic carbocycles. The lowest BCUT2D eigenvalue weighted by molar-refractivity contribution is -0.124. The van der Waals surface area contributed by atoms with E-state index in [9.17, 15) is 4.79 Å². The third kappa shape index (κ3) is 3.97. The lowest BCUT2D eigenvalue weighted by Crippen LogP contribution is -2.43. The molecule has 2 unspecified atom stereocenters. The maximum Gasteiger partial charge on any atom is 0.258 e. The highest BCUT2D eigenvalue weighted by atomic mass is 16.5. The molecule has 106 valence electrons. The minimum Gasteiger partial charge on any atom is -0.482 e. The van der Waals surface area contributed by atoms with Gasteiger partial charge < -0.3 is 14.8 Å². The number of hydrogen-bond acceptors (Lipinski definition) is 4. The molecule has 1 aliphatic heterocycles. The standard InChI is InChI=1S/C15H18N2O3/c1-11-8-13(6-7-19-11)17-15(18)10-20-14-5-3-2-4-12(14)9-16/h2-5,11,13H,6-8,10H2,1H3,(H,17,18). The highest BCUT2D eigenvalue weighted by molar-refractivity contribution is 5.77. The number of nitrogens with one attached hydrogen (secondary N) is 1. The Morgan fingerprint density at radius 2 is 2.35 bits per heavy atom. The molecule has 0 aliphatic carbocycles. The zero-order valence-corrected chi connectivity index (χ0v) is 11.5. The van der Waals surface area contributed by atoms with Crippen LogP contribution in [0.1, 0.15) is 25.3 Å². The molecule has 5 nitrogen and oxygen atoms in total. The van der Waals surface area contributed by atoms with E-state index in [1.54, 1.807) is 24.3 Å². The van der Waals surface area contributed by atoms with Crippen molar-refractivity contribution in [2.75, 3.05) is 13.2 Å².